The number of halogens is 1. The number of hydrogen-bond acceptors (Lipinski definition) is 3. The van der Waals surface area contributed by atoms with Crippen molar-refractivity contribution in [2.45, 2.75) is 18.7 Å². The number of alkyl halides is 1. The molecule has 0 amide bonds. The van der Waals surface area contributed by atoms with Gasteiger partial charge in [-0.15, -0.1) is 11.6 Å². The lowest BCUT2D eigenvalue weighted by molar-refractivity contribution is 0.839. The molecule has 2 aromatic rings. The second kappa shape index (κ2) is 4.49. The van der Waals surface area contributed by atoms with E-state index in [2.05, 4.69) is 22.3 Å². The fourth-order valence-corrected chi connectivity index (χ4v) is 1.42. The molecule has 0 spiro atoms. The molecular formula is C10H13ClN4. The summed E-state index contributed by atoms with van der Waals surface area (Å²) < 4.78 is 1.78. The van der Waals surface area contributed by atoms with E-state index in [9.17, 15) is 0 Å². The molecule has 80 valence electrons. The van der Waals surface area contributed by atoms with E-state index in [0.717, 1.165) is 24.3 Å². The second-order valence-electron chi connectivity index (χ2n) is 3.32. The molecule has 0 fully saturated rings. The standard InChI is InChI=1S/C10H13ClN4/c1-2-8(11)7-13-10-9-3-4-14-15(9)6-5-12-10/h3-6,8H,2,7H2,1H3,(H,12,13). The minimum absolute atomic E-state index is 0.134. The fraction of sp³-hybridized carbons (Fsp3) is 0.400. The largest absolute Gasteiger partial charge is 0.367 e. The van der Waals surface area contributed by atoms with Crippen molar-refractivity contribution in [2.24, 2.45) is 0 Å². The predicted molar refractivity (Wildman–Crippen MR) is 61.4 cm³/mol. The highest BCUT2D eigenvalue weighted by Gasteiger charge is 2.05. The molecule has 0 radical (unpaired) electrons. The summed E-state index contributed by atoms with van der Waals surface area (Å²) in [7, 11) is 0. The number of aromatic nitrogens is 3. The minimum atomic E-state index is 0.134. The van der Waals surface area contributed by atoms with Gasteiger partial charge in [0.15, 0.2) is 5.82 Å². The van der Waals surface area contributed by atoms with E-state index in [0.29, 0.717) is 0 Å². The first-order valence-corrected chi connectivity index (χ1v) is 5.41. The van der Waals surface area contributed by atoms with Gasteiger partial charge >= 0.3 is 0 Å². The van der Waals surface area contributed by atoms with Crippen LogP contribution in [-0.4, -0.2) is 26.5 Å². The Kier molecular flexibility index (Phi) is 3.06. The van der Waals surface area contributed by atoms with Crippen molar-refractivity contribution in [3.8, 4) is 0 Å². The van der Waals surface area contributed by atoms with Gasteiger partial charge in [-0.05, 0) is 12.5 Å². The van der Waals surface area contributed by atoms with E-state index < -0.39 is 0 Å². The SMILES string of the molecule is CCC(Cl)CNc1nccn2nccc12. The third kappa shape index (κ3) is 2.21. The summed E-state index contributed by atoms with van der Waals surface area (Å²) in [5, 5.41) is 7.49. The summed E-state index contributed by atoms with van der Waals surface area (Å²) in [5.41, 5.74) is 0.970. The Morgan fingerprint density at radius 2 is 2.40 bits per heavy atom. The van der Waals surface area contributed by atoms with E-state index in [4.69, 9.17) is 11.6 Å². The molecule has 1 unspecified atom stereocenters. The van der Waals surface area contributed by atoms with Crippen molar-refractivity contribution in [1.29, 1.82) is 0 Å². The van der Waals surface area contributed by atoms with Gasteiger partial charge in [-0.3, -0.25) is 0 Å². The highest BCUT2D eigenvalue weighted by molar-refractivity contribution is 6.20. The normalized spacial score (nSPS) is 12.9. The van der Waals surface area contributed by atoms with Crippen molar-refractivity contribution in [1.82, 2.24) is 14.6 Å². The van der Waals surface area contributed by atoms with Crippen LogP contribution in [0.4, 0.5) is 5.82 Å². The molecular weight excluding hydrogens is 212 g/mol. The molecule has 0 bridgehead atoms. The van der Waals surface area contributed by atoms with Gasteiger partial charge in [-0.2, -0.15) is 5.10 Å². The Labute approximate surface area is 93.3 Å². The van der Waals surface area contributed by atoms with Crippen molar-refractivity contribution in [3.63, 3.8) is 0 Å². The monoisotopic (exact) mass is 224 g/mol. The lowest BCUT2D eigenvalue weighted by Crippen LogP contribution is -2.14. The highest BCUT2D eigenvalue weighted by atomic mass is 35.5. The Hall–Kier alpha value is -1.29. The first kappa shape index (κ1) is 10.2. The van der Waals surface area contributed by atoms with E-state index in [-0.39, 0.29) is 5.38 Å². The van der Waals surface area contributed by atoms with Gasteiger partial charge in [0.1, 0.15) is 5.52 Å². The number of anilines is 1. The number of nitrogens with one attached hydrogen (secondary N) is 1. The smallest absolute Gasteiger partial charge is 0.152 e. The third-order valence-electron chi connectivity index (χ3n) is 2.26. The van der Waals surface area contributed by atoms with Gasteiger partial charge in [0, 0.05) is 18.9 Å². The van der Waals surface area contributed by atoms with Crippen LogP contribution >= 0.6 is 11.6 Å². The van der Waals surface area contributed by atoms with Crippen LogP contribution in [0.25, 0.3) is 5.52 Å². The molecule has 2 aromatic heterocycles. The molecule has 0 aliphatic heterocycles. The highest BCUT2D eigenvalue weighted by Crippen LogP contribution is 2.13. The zero-order chi connectivity index (χ0) is 10.7. The van der Waals surface area contributed by atoms with Crippen molar-refractivity contribution < 1.29 is 0 Å². The Balaban J connectivity index is 2.17. The maximum atomic E-state index is 6.03. The van der Waals surface area contributed by atoms with E-state index >= 15 is 0 Å². The number of nitrogens with zero attached hydrogens (tertiary/aromatic N) is 3. The van der Waals surface area contributed by atoms with Gasteiger partial charge in [-0.25, -0.2) is 9.50 Å². The van der Waals surface area contributed by atoms with Crippen LogP contribution in [0, 0.1) is 0 Å². The second-order valence-corrected chi connectivity index (χ2v) is 3.94. The maximum Gasteiger partial charge on any atom is 0.152 e. The van der Waals surface area contributed by atoms with E-state index in [1.807, 2.05) is 12.3 Å². The Morgan fingerprint density at radius 1 is 1.53 bits per heavy atom. The van der Waals surface area contributed by atoms with Crippen LogP contribution in [0.3, 0.4) is 0 Å². The summed E-state index contributed by atoms with van der Waals surface area (Å²) in [4.78, 5) is 4.25. The van der Waals surface area contributed by atoms with Crippen molar-refractivity contribution in [2.75, 3.05) is 11.9 Å². The zero-order valence-corrected chi connectivity index (χ0v) is 9.28. The minimum Gasteiger partial charge on any atom is -0.367 e. The molecule has 0 aromatic carbocycles. The van der Waals surface area contributed by atoms with Gasteiger partial charge < -0.3 is 5.32 Å². The van der Waals surface area contributed by atoms with Crippen LogP contribution in [0.15, 0.2) is 24.7 Å². The topological polar surface area (TPSA) is 42.2 Å². The van der Waals surface area contributed by atoms with E-state index in [1.165, 1.54) is 0 Å². The summed E-state index contributed by atoms with van der Waals surface area (Å²) in [6.07, 6.45) is 6.23. The quantitative estimate of drug-likeness (QED) is 0.810. The molecule has 0 saturated carbocycles. The lowest BCUT2D eigenvalue weighted by atomic mass is 10.3. The summed E-state index contributed by atoms with van der Waals surface area (Å²) in [6, 6.07) is 1.92. The predicted octanol–water partition coefficient (Wildman–Crippen LogP) is 2.16. The molecule has 1 atom stereocenters. The number of hydrogen-bond donors (Lipinski definition) is 1. The molecule has 15 heavy (non-hydrogen) atoms. The molecule has 4 nitrogen and oxygen atoms in total. The molecule has 5 heteroatoms. The summed E-state index contributed by atoms with van der Waals surface area (Å²) in [6.45, 7) is 2.78. The van der Waals surface area contributed by atoms with Gasteiger partial charge in [-0.1, -0.05) is 6.92 Å². The number of fused-ring (bicyclic) bond motifs is 1. The van der Waals surface area contributed by atoms with Crippen molar-refractivity contribution in [3.05, 3.63) is 24.7 Å². The van der Waals surface area contributed by atoms with Crippen LogP contribution < -0.4 is 5.32 Å². The summed E-state index contributed by atoms with van der Waals surface area (Å²) in [5.74, 6) is 0.828. The van der Waals surface area contributed by atoms with Crippen LogP contribution in [0.2, 0.25) is 0 Å². The first-order valence-electron chi connectivity index (χ1n) is 4.97. The van der Waals surface area contributed by atoms with Crippen LogP contribution in [0.1, 0.15) is 13.3 Å². The van der Waals surface area contributed by atoms with Gasteiger partial charge in [0.2, 0.25) is 0 Å². The molecule has 1 N–H and O–H groups in total. The van der Waals surface area contributed by atoms with Crippen LogP contribution in [-0.2, 0) is 0 Å². The van der Waals surface area contributed by atoms with Gasteiger partial charge in [0.25, 0.3) is 0 Å². The van der Waals surface area contributed by atoms with Gasteiger partial charge in [0.05, 0.1) is 11.6 Å². The first-order chi connectivity index (χ1) is 7.31. The zero-order valence-electron chi connectivity index (χ0n) is 8.52. The Bertz CT molecular complexity index is 440. The summed E-state index contributed by atoms with van der Waals surface area (Å²) >= 11 is 6.03. The molecule has 0 aliphatic carbocycles. The van der Waals surface area contributed by atoms with Crippen molar-refractivity contribution >= 4 is 22.9 Å². The molecule has 2 rings (SSSR count). The Morgan fingerprint density at radius 3 is 3.20 bits per heavy atom. The fourth-order valence-electron chi connectivity index (χ4n) is 1.35. The maximum absolute atomic E-state index is 6.03. The van der Waals surface area contributed by atoms with E-state index in [1.54, 1.807) is 16.9 Å². The molecule has 0 saturated heterocycles. The average Bonchev–Trinajstić information content (AvgIpc) is 2.74. The number of rotatable bonds is 4. The lowest BCUT2D eigenvalue weighted by Gasteiger charge is -2.09. The van der Waals surface area contributed by atoms with Crippen LogP contribution in [0.5, 0.6) is 0 Å². The third-order valence-corrected chi connectivity index (χ3v) is 2.72. The average molecular weight is 225 g/mol. The molecule has 0 aliphatic rings. The molecule has 2 heterocycles.